The molecule has 2 N–H and O–H groups in total. The minimum atomic E-state index is -1.08. The third kappa shape index (κ3) is 2.62. The summed E-state index contributed by atoms with van der Waals surface area (Å²) in [5.74, 6) is -2.21. The first-order valence-corrected chi connectivity index (χ1v) is 4.36. The molecule has 2 amide bonds. The number of aliphatic carboxylic acids is 1. The maximum absolute atomic E-state index is 11.1. The summed E-state index contributed by atoms with van der Waals surface area (Å²) in [5.41, 5.74) is 0. The van der Waals surface area contributed by atoms with Crippen LogP contribution in [0, 0.1) is 0 Å². The smallest absolute Gasteiger partial charge is 0.311 e. The lowest BCUT2D eigenvalue weighted by molar-refractivity contribution is -0.136. The standard InChI is InChI=1S/C8H10N4O4/c1-4(13)12(5(2)14)8-9-6(10-11-8)3-7(15)16/h3H2,1-2H3,(H,15,16)(H,9,10,11). The predicted molar refractivity (Wildman–Crippen MR) is 51.6 cm³/mol. The molecule has 0 atom stereocenters. The van der Waals surface area contributed by atoms with E-state index in [-0.39, 0.29) is 18.2 Å². The van der Waals surface area contributed by atoms with Crippen LogP contribution in [0.25, 0.3) is 0 Å². The van der Waals surface area contributed by atoms with E-state index in [1.54, 1.807) is 0 Å². The molecule has 0 saturated carbocycles. The molecule has 16 heavy (non-hydrogen) atoms. The lowest BCUT2D eigenvalue weighted by Crippen LogP contribution is -2.34. The second kappa shape index (κ2) is 4.51. The number of H-pyrrole nitrogens is 1. The molecular weight excluding hydrogens is 216 g/mol. The summed E-state index contributed by atoms with van der Waals surface area (Å²) in [7, 11) is 0. The first-order valence-electron chi connectivity index (χ1n) is 4.36. The Balaban J connectivity index is 2.94. The van der Waals surface area contributed by atoms with Crippen LogP contribution in [0.2, 0.25) is 0 Å². The van der Waals surface area contributed by atoms with Crippen LogP contribution in [-0.4, -0.2) is 38.1 Å². The number of carbonyl (C=O) groups excluding carboxylic acids is 2. The van der Waals surface area contributed by atoms with Crippen molar-refractivity contribution >= 4 is 23.7 Å². The van der Waals surface area contributed by atoms with Gasteiger partial charge in [0.1, 0.15) is 12.2 Å². The van der Waals surface area contributed by atoms with Gasteiger partial charge in [-0.3, -0.25) is 19.5 Å². The van der Waals surface area contributed by atoms with Crippen molar-refractivity contribution in [2.24, 2.45) is 0 Å². The Morgan fingerprint density at radius 2 is 1.88 bits per heavy atom. The summed E-state index contributed by atoms with van der Waals surface area (Å²) in [5, 5.41) is 14.4. The molecule has 0 aliphatic heterocycles. The van der Waals surface area contributed by atoms with Crippen LogP contribution in [0.15, 0.2) is 0 Å². The largest absolute Gasteiger partial charge is 0.481 e. The maximum atomic E-state index is 11.1. The highest BCUT2D eigenvalue weighted by atomic mass is 16.4. The van der Waals surface area contributed by atoms with Crippen molar-refractivity contribution in [3.63, 3.8) is 0 Å². The highest BCUT2D eigenvalue weighted by Crippen LogP contribution is 2.08. The SMILES string of the molecule is CC(=O)N(C(C)=O)c1n[nH]c(CC(=O)O)n1. The summed E-state index contributed by atoms with van der Waals surface area (Å²) < 4.78 is 0. The van der Waals surface area contributed by atoms with E-state index < -0.39 is 17.8 Å². The topological polar surface area (TPSA) is 116 Å². The van der Waals surface area contributed by atoms with Crippen molar-refractivity contribution in [1.82, 2.24) is 15.2 Å². The summed E-state index contributed by atoms with van der Waals surface area (Å²) in [4.78, 5) is 37.1. The maximum Gasteiger partial charge on any atom is 0.311 e. The molecule has 86 valence electrons. The van der Waals surface area contributed by atoms with Gasteiger partial charge in [-0.05, 0) is 0 Å². The number of anilines is 1. The molecule has 0 fully saturated rings. The van der Waals surface area contributed by atoms with Gasteiger partial charge in [0.15, 0.2) is 0 Å². The number of carboxylic acid groups (broad SMARTS) is 1. The van der Waals surface area contributed by atoms with Gasteiger partial charge in [0.2, 0.25) is 11.8 Å². The first-order chi connectivity index (χ1) is 7.41. The Morgan fingerprint density at radius 1 is 1.31 bits per heavy atom. The van der Waals surface area contributed by atoms with Crippen LogP contribution < -0.4 is 4.90 Å². The van der Waals surface area contributed by atoms with Gasteiger partial charge < -0.3 is 5.11 Å². The van der Waals surface area contributed by atoms with E-state index in [0.29, 0.717) is 0 Å². The lowest BCUT2D eigenvalue weighted by Gasteiger charge is -2.11. The van der Waals surface area contributed by atoms with Crippen LogP contribution in [0.1, 0.15) is 19.7 Å². The average molecular weight is 226 g/mol. The number of carboxylic acids is 1. The van der Waals surface area contributed by atoms with Crippen molar-refractivity contribution in [3.8, 4) is 0 Å². The Labute approximate surface area is 90.3 Å². The lowest BCUT2D eigenvalue weighted by atomic mass is 10.4. The number of hydrogen-bond donors (Lipinski definition) is 2. The second-order valence-corrected chi connectivity index (χ2v) is 3.03. The number of imide groups is 1. The molecule has 0 saturated heterocycles. The molecule has 0 aliphatic carbocycles. The van der Waals surface area contributed by atoms with E-state index in [0.717, 1.165) is 4.90 Å². The van der Waals surface area contributed by atoms with Crippen LogP contribution in [-0.2, 0) is 20.8 Å². The van der Waals surface area contributed by atoms with Gasteiger partial charge >= 0.3 is 5.97 Å². The zero-order chi connectivity index (χ0) is 12.3. The number of nitrogens with zero attached hydrogens (tertiary/aromatic N) is 3. The van der Waals surface area contributed by atoms with E-state index >= 15 is 0 Å². The third-order valence-corrected chi connectivity index (χ3v) is 1.67. The highest BCUT2D eigenvalue weighted by molar-refractivity contribution is 6.11. The Kier molecular flexibility index (Phi) is 3.33. The Bertz CT molecular complexity index is 425. The van der Waals surface area contributed by atoms with Gasteiger partial charge in [-0.15, -0.1) is 5.10 Å². The van der Waals surface area contributed by atoms with Crippen LogP contribution in [0.4, 0.5) is 5.95 Å². The van der Waals surface area contributed by atoms with Crippen molar-refractivity contribution in [3.05, 3.63) is 5.82 Å². The zero-order valence-electron chi connectivity index (χ0n) is 8.72. The third-order valence-electron chi connectivity index (χ3n) is 1.67. The number of nitrogens with one attached hydrogen (secondary N) is 1. The molecule has 8 heteroatoms. The number of amides is 2. The van der Waals surface area contributed by atoms with E-state index in [9.17, 15) is 14.4 Å². The molecule has 0 aliphatic rings. The quantitative estimate of drug-likeness (QED) is 0.706. The Morgan fingerprint density at radius 3 is 2.31 bits per heavy atom. The van der Waals surface area contributed by atoms with Gasteiger partial charge in [0, 0.05) is 13.8 Å². The molecule has 0 bridgehead atoms. The Hall–Kier alpha value is -2.25. The summed E-state index contributed by atoms with van der Waals surface area (Å²) in [6.45, 7) is 2.38. The van der Waals surface area contributed by atoms with Crippen molar-refractivity contribution < 1.29 is 19.5 Å². The van der Waals surface area contributed by atoms with Gasteiger partial charge in [0.25, 0.3) is 5.95 Å². The monoisotopic (exact) mass is 226 g/mol. The van der Waals surface area contributed by atoms with E-state index in [2.05, 4.69) is 15.2 Å². The first kappa shape index (κ1) is 11.8. The van der Waals surface area contributed by atoms with Crippen LogP contribution >= 0.6 is 0 Å². The normalized spacial score (nSPS) is 9.88. The predicted octanol–water partition coefficient (Wildman–Crippen LogP) is -0.669. The van der Waals surface area contributed by atoms with Crippen LogP contribution in [0.5, 0.6) is 0 Å². The molecule has 1 aromatic rings. The fourth-order valence-corrected chi connectivity index (χ4v) is 1.11. The van der Waals surface area contributed by atoms with E-state index in [1.165, 1.54) is 13.8 Å². The van der Waals surface area contributed by atoms with E-state index in [1.807, 2.05) is 0 Å². The average Bonchev–Trinajstić information content (AvgIpc) is 2.50. The van der Waals surface area contributed by atoms with Gasteiger partial charge in [-0.2, -0.15) is 4.98 Å². The minimum Gasteiger partial charge on any atom is -0.481 e. The number of aromatic nitrogens is 3. The van der Waals surface area contributed by atoms with Crippen molar-refractivity contribution in [2.75, 3.05) is 4.90 Å². The molecule has 0 unspecified atom stereocenters. The molecule has 1 aromatic heterocycles. The summed E-state index contributed by atoms with van der Waals surface area (Å²) >= 11 is 0. The number of rotatable bonds is 3. The van der Waals surface area contributed by atoms with Gasteiger partial charge in [-0.25, -0.2) is 4.90 Å². The fourth-order valence-electron chi connectivity index (χ4n) is 1.11. The minimum absolute atomic E-state index is 0.0787. The molecule has 1 heterocycles. The van der Waals surface area contributed by atoms with Crippen molar-refractivity contribution in [2.45, 2.75) is 20.3 Å². The van der Waals surface area contributed by atoms with Crippen molar-refractivity contribution in [1.29, 1.82) is 0 Å². The molecule has 8 nitrogen and oxygen atoms in total. The number of aromatic amines is 1. The molecule has 0 radical (unpaired) electrons. The second-order valence-electron chi connectivity index (χ2n) is 3.03. The molecule has 1 rings (SSSR count). The van der Waals surface area contributed by atoms with Crippen LogP contribution in [0.3, 0.4) is 0 Å². The molecular formula is C8H10N4O4. The fraction of sp³-hybridized carbons (Fsp3) is 0.375. The molecule has 0 aromatic carbocycles. The summed E-state index contributed by atoms with van der Waals surface area (Å²) in [6.07, 6.45) is -0.351. The number of hydrogen-bond acceptors (Lipinski definition) is 5. The van der Waals surface area contributed by atoms with Gasteiger partial charge in [-0.1, -0.05) is 0 Å². The van der Waals surface area contributed by atoms with E-state index in [4.69, 9.17) is 5.11 Å². The molecule has 0 spiro atoms. The van der Waals surface area contributed by atoms with Gasteiger partial charge in [0.05, 0.1) is 0 Å². The number of carbonyl (C=O) groups is 3. The highest BCUT2D eigenvalue weighted by Gasteiger charge is 2.21. The summed E-state index contributed by atoms with van der Waals surface area (Å²) in [6, 6.07) is 0. The zero-order valence-corrected chi connectivity index (χ0v) is 8.72.